The fourth-order valence-corrected chi connectivity index (χ4v) is 6.14. The average molecular weight is 500 g/mol. The van der Waals surface area contributed by atoms with E-state index in [9.17, 15) is 19.0 Å². The third kappa shape index (κ3) is 4.49. The molecule has 3 aromatic rings. The maximum absolute atomic E-state index is 14.0. The van der Waals surface area contributed by atoms with Crippen LogP contribution in [0.5, 0.6) is 5.75 Å². The first-order valence-electron chi connectivity index (χ1n) is 12.7. The quantitative estimate of drug-likeness (QED) is 0.535. The van der Waals surface area contributed by atoms with Gasteiger partial charge in [0.2, 0.25) is 0 Å². The van der Waals surface area contributed by atoms with Crippen molar-refractivity contribution in [1.82, 2.24) is 14.7 Å². The van der Waals surface area contributed by atoms with Gasteiger partial charge >= 0.3 is 0 Å². The molecule has 9 heteroatoms. The second kappa shape index (κ2) is 9.37. The van der Waals surface area contributed by atoms with Crippen LogP contribution in [-0.4, -0.2) is 62.8 Å². The number of hydrogen-bond donors (Lipinski definition) is 2. The van der Waals surface area contributed by atoms with Crippen LogP contribution in [0.25, 0.3) is 10.9 Å². The fourth-order valence-electron chi connectivity index (χ4n) is 6.14. The van der Waals surface area contributed by atoms with Crippen molar-refractivity contribution in [3.05, 3.63) is 59.8 Å². The van der Waals surface area contributed by atoms with Crippen LogP contribution < -0.4 is 4.74 Å². The number of benzene rings is 2. The van der Waals surface area contributed by atoms with E-state index in [-0.39, 0.29) is 24.0 Å². The van der Waals surface area contributed by atoms with Crippen molar-refractivity contribution in [3.8, 4) is 5.75 Å². The Kier molecular flexibility index (Phi) is 6.19. The Morgan fingerprint density at radius 2 is 2.08 bits per heavy atom. The van der Waals surface area contributed by atoms with Crippen LogP contribution in [0.4, 0.5) is 8.78 Å². The van der Waals surface area contributed by atoms with Crippen LogP contribution in [0.3, 0.4) is 0 Å². The van der Waals surface area contributed by atoms with Crippen molar-refractivity contribution in [2.45, 2.75) is 56.1 Å². The number of ether oxygens (including phenoxy) is 2. The minimum atomic E-state index is -0.952. The summed E-state index contributed by atoms with van der Waals surface area (Å²) in [6.07, 6.45) is 4.85. The summed E-state index contributed by atoms with van der Waals surface area (Å²) in [5.74, 6) is -1.42. The van der Waals surface area contributed by atoms with E-state index in [1.165, 1.54) is 6.07 Å². The lowest BCUT2D eigenvalue weighted by Crippen LogP contribution is -2.36. The number of halogens is 2. The molecule has 0 spiro atoms. The van der Waals surface area contributed by atoms with Crippen molar-refractivity contribution in [1.29, 1.82) is 0 Å². The predicted molar refractivity (Wildman–Crippen MR) is 128 cm³/mol. The molecular weight excluding hydrogens is 468 g/mol. The SMILES string of the molecule is O[C@H](CN1C[C@H]2C[C@H](Oc3ccc(F)cc3F)C[C@@]2(O)C1)c1ccc2c(cnn2C2CCCCO2)c1. The summed E-state index contributed by atoms with van der Waals surface area (Å²) in [5.41, 5.74) is 0.849. The van der Waals surface area contributed by atoms with Crippen molar-refractivity contribution >= 4 is 10.9 Å². The Bertz CT molecular complexity index is 1250. The highest BCUT2D eigenvalue weighted by Crippen LogP contribution is 2.43. The van der Waals surface area contributed by atoms with Crippen LogP contribution in [0.15, 0.2) is 42.6 Å². The first kappa shape index (κ1) is 23.8. The molecule has 1 unspecified atom stereocenters. The molecule has 2 N–H and O–H groups in total. The zero-order valence-corrected chi connectivity index (χ0v) is 20.0. The highest BCUT2D eigenvalue weighted by atomic mass is 19.1. The summed E-state index contributed by atoms with van der Waals surface area (Å²) in [6.45, 7) is 2.20. The summed E-state index contributed by atoms with van der Waals surface area (Å²) < 4.78 is 40.7. The maximum atomic E-state index is 14.0. The molecule has 2 aliphatic heterocycles. The van der Waals surface area contributed by atoms with Gasteiger partial charge < -0.3 is 19.7 Å². The zero-order chi connectivity index (χ0) is 24.9. The third-order valence-electron chi connectivity index (χ3n) is 7.92. The van der Waals surface area contributed by atoms with Crippen molar-refractivity contribution in [2.75, 3.05) is 26.2 Å². The first-order chi connectivity index (χ1) is 17.4. The molecular formula is C27H31F2N3O4. The number of fused-ring (bicyclic) bond motifs is 2. The van der Waals surface area contributed by atoms with E-state index in [1.807, 2.05) is 29.1 Å². The summed E-state index contributed by atoms with van der Waals surface area (Å²) in [6, 6.07) is 9.14. The number of hydrogen-bond acceptors (Lipinski definition) is 6. The molecule has 0 bridgehead atoms. The Morgan fingerprint density at radius 3 is 2.86 bits per heavy atom. The minimum Gasteiger partial charge on any atom is -0.487 e. The van der Waals surface area contributed by atoms with E-state index >= 15 is 0 Å². The maximum Gasteiger partial charge on any atom is 0.167 e. The second-order valence-electron chi connectivity index (χ2n) is 10.5. The van der Waals surface area contributed by atoms with E-state index in [1.54, 1.807) is 0 Å². The Balaban J connectivity index is 1.07. The normalized spacial score (nSPS) is 29.5. The van der Waals surface area contributed by atoms with Crippen LogP contribution in [-0.2, 0) is 4.74 Å². The molecule has 7 nitrogen and oxygen atoms in total. The van der Waals surface area contributed by atoms with E-state index in [0.29, 0.717) is 32.5 Å². The van der Waals surface area contributed by atoms with E-state index < -0.39 is 23.3 Å². The fraction of sp³-hybridized carbons (Fsp3) is 0.519. The van der Waals surface area contributed by atoms with Gasteiger partial charge in [-0.1, -0.05) is 6.07 Å². The third-order valence-corrected chi connectivity index (χ3v) is 7.92. The number of rotatable bonds is 6. The molecule has 3 heterocycles. The first-order valence-corrected chi connectivity index (χ1v) is 12.7. The lowest BCUT2D eigenvalue weighted by atomic mass is 9.95. The van der Waals surface area contributed by atoms with Gasteiger partial charge in [0.25, 0.3) is 0 Å². The van der Waals surface area contributed by atoms with Crippen LogP contribution >= 0.6 is 0 Å². The summed E-state index contributed by atoms with van der Waals surface area (Å²) in [5, 5.41) is 27.7. The van der Waals surface area contributed by atoms with Gasteiger partial charge in [-0.2, -0.15) is 5.10 Å². The molecule has 6 rings (SSSR count). The number of aliphatic hydroxyl groups is 2. The largest absolute Gasteiger partial charge is 0.487 e. The highest BCUT2D eigenvalue weighted by molar-refractivity contribution is 5.79. The second-order valence-corrected chi connectivity index (χ2v) is 10.5. The predicted octanol–water partition coefficient (Wildman–Crippen LogP) is 3.95. The monoisotopic (exact) mass is 499 g/mol. The van der Waals surface area contributed by atoms with E-state index in [2.05, 4.69) is 10.00 Å². The molecule has 1 aliphatic carbocycles. The van der Waals surface area contributed by atoms with Gasteiger partial charge in [-0.15, -0.1) is 0 Å². The summed E-state index contributed by atoms with van der Waals surface area (Å²) >= 11 is 0. The zero-order valence-electron chi connectivity index (χ0n) is 20.0. The number of nitrogens with zero attached hydrogens (tertiary/aromatic N) is 3. The van der Waals surface area contributed by atoms with Gasteiger partial charge in [0.1, 0.15) is 11.9 Å². The van der Waals surface area contributed by atoms with Crippen molar-refractivity contribution < 1.29 is 28.5 Å². The van der Waals surface area contributed by atoms with E-state index in [4.69, 9.17) is 9.47 Å². The molecule has 3 fully saturated rings. The number of likely N-dealkylation sites (tertiary alicyclic amines) is 1. The smallest absolute Gasteiger partial charge is 0.167 e. The number of β-amino-alcohol motifs (C(OH)–C–C–N with tert-alkyl or cyclic N) is 2. The van der Waals surface area contributed by atoms with Gasteiger partial charge in [0.05, 0.1) is 23.4 Å². The van der Waals surface area contributed by atoms with Crippen molar-refractivity contribution in [2.24, 2.45) is 5.92 Å². The number of aliphatic hydroxyl groups excluding tert-OH is 1. The Hall–Kier alpha value is -2.59. The molecule has 192 valence electrons. The van der Waals surface area contributed by atoms with E-state index in [0.717, 1.165) is 54.5 Å². The molecule has 2 saturated heterocycles. The van der Waals surface area contributed by atoms with Crippen LogP contribution in [0.2, 0.25) is 0 Å². The summed E-state index contributed by atoms with van der Waals surface area (Å²) in [7, 11) is 0. The average Bonchev–Trinajstić information content (AvgIpc) is 3.50. The lowest BCUT2D eigenvalue weighted by molar-refractivity contribution is -0.0366. The number of aromatic nitrogens is 2. The molecule has 1 saturated carbocycles. The lowest BCUT2D eigenvalue weighted by Gasteiger charge is -2.25. The van der Waals surface area contributed by atoms with Gasteiger partial charge in [-0.25, -0.2) is 13.5 Å². The molecule has 1 aromatic heterocycles. The van der Waals surface area contributed by atoms with Crippen LogP contribution in [0.1, 0.15) is 50.0 Å². The van der Waals surface area contributed by atoms with Gasteiger partial charge in [-0.3, -0.25) is 4.90 Å². The van der Waals surface area contributed by atoms with Gasteiger partial charge in [0, 0.05) is 50.0 Å². The Morgan fingerprint density at radius 1 is 1.19 bits per heavy atom. The molecule has 36 heavy (non-hydrogen) atoms. The van der Waals surface area contributed by atoms with Gasteiger partial charge in [0.15, 0.2) is 17.8 Å². The highest BCUT2D eigenvalue weighted by Gasteiger charge is 2.53. The molecule has 3 aliphatic rings. The molecule has 0 amide bonds. The molecule has 0 radical (unpaired) electrons. The summed E-state index contributed by atoms with van der Waals surface area (Å²) in [4.78, 5) is 2.08. The van der Waals surface area contributed by atoms with Gasteiger partial charge in [-0.05, 0) is 55.5 Å². The molecule has 2 aromatic carbocycles. The molecule has 5 atom stereocenters. The topological polar surface area (TPSA) is 80.0 Å². The Labute approximate surface area is 208 Å². The standard InChI is InChI=1S/C27H31F2N3O4/c28-20-5-7-25(22(29)11-20)36-21-10-19-14-31(16-27(19,34)12-21)15-24(33)17-4-6-23-18(9-17)13-30-32(23)26-3-1-2-8-35-26/h4-7,9,11,13,19,21,24,26,33-34H,1-3,8,10,12,14-16H2/t19-,21+,24-,26?,27-/m1/s1. The van der Waals surface area contributed by atoms with Crippen molar-refractivity contribution in [3.63, 3.8) is 0 Å². The minimum absolute atomic E-state index is 0.00557. The van der Waals surface area contributed by atoms with Crippen LogP contribution in [0, 0.1) is 17.6 Å².